The van der Waals surface area contributed by atoms with Crippen molar-refractivity contribution < 1.29 is 9.90 Å². The number of rotatable bonds is 11. The minimum atomic E-state index is -0.625. The standard InChI is InChI=1S/C58H62N8O2/c67-57(53(39-15-5-1-6-16-39)63-29-9-3-10-30-63)65-33-13-19-51(65)55-59-47-27-25-45(37-49(47)61-55)43-23-21-42-36-44(24-22-41(42)35-43)46-26-28-48-50(38-46)62-56(60-48)52-20-14-34-66(52)58(68)54(40-17-7-2-8-18-40)64-31-11-4-12-32-64/h1-2,5-8,15-18,21-28,35-38,51-54,57,67H,3-4,9-14,19-20,29-34H2,(H,59,61)(H,60,62)/t51-,52-,53+,54+,57?/m0/s1. The molecule has 12 rings (SSSR count). The van der Waals surface area contributed by atoms with Crippen molar-refractivity contribution in [2.45, 2.75) is 94.6 Å². The van der Waals surface area contributed by atoms with E-state index in [1.165, 1.54) is 42.0 Å². The number of hydrogen-bond donors (Lipinski definition) is 3. The molecule has 6 heterocycles. The smallest absolute Gasteiger partial charge is 0.245 e. The molecule has 0 saturated carbocycles. The fourth-order valence-electron chi connectivity index (χ4n) is 12.1. The first-order valence-corrected chi connectivity index (χ1v) is 25.4. The van der Waals surface area contributed by atoms with Gasteiger partial charge in [0.1, 0.15) is 23.9 Å². The summed E-state index contributed by atoms with van der Waals surface area (Å²) in [6, 6.07) is 47.0. The summed E-state index contributed by atoms with van der Waals surface area (Å²) in [4.78, 5) is 41.4. The van der Waals surface area contributed by atoms with Gasteiger partial charge in [0, 0.05) is 13.1 Å². The molecule has 0 bridgehead atoms. The van der Waals surface area contributed by atoms with E-state index in [4.69, 9.17) is 9.97 Å². The fourth-order valence-corrected chi connectivity index (χ4v) is 12.1. The van der Waals surface area contributed by atoms with Crippen molar-refractivity contribution in [3.8, 4) is 22.3 Å². The van der Waals surface area contributed by atoms with Gasteiger partial charge in [-0.25, -0.2) is 9.97 Å². The van der Waals surface area contributed by atoms with Crippen LogP contribution in [0.4, 0.5) is 0 Å². The van der Waals surface area contributed by atoms with Crippen LogP contribution >= 0.6 is 0 Å². The van der Waals surface area contributed by atoms with Crippen LogP contribution in [0.15, 0.2) is 133 Å². The Morgan fingerprint density at radius 2 is 1.01 bits per heavy atom. The van der Waals surface area contributed by atoms with Gasteiger partial charge in [0.25, 0.3) is 0 Å². The van der Waals surface area contributed by atoms with Gasteiger partial charge in [-0.1, -0.05) is 110 Å². The predicted molar refractivity (Wildman–Crippen MR) is 272 cm³/mol. The fraction of sp³-hybridized carbons (Fsp3) is 0.362. The van der Waals surface area contributed by atoms with Gasteiger partial charge in [-0.15, -0.1) is 0 Å². The van der Waals surface area contributed by atoms with E-state index in [9.17, 15) is 9.90 Å². The molecule has 10 nitrogen and oxygen atoms in total. The highest BCUT2D eigenvalue weighted by Crippen LogP contribution is 2.40. The number of piperidine rings is 2. The van der Waals surface area contributed by atoms with Gasteiger partial charge in [0.05, 0.1) is 40.2 Å². The average Bonchev–Trinajstić information content (AvgIpc) is 4.24. The van der Waals surface area contributed by atoms with E-state index in [-0.39, 0.29) is 30.1 Å². The molecule has 1 unspecified atom stereocenters. The Bertz CT molecular complexity index is 3040. The zero-order chi connectivity index (χ0) is 45.6. The third kappa shape index (κ3) is 8.31. The molecule has 1 amide bonds. The minimum Gasteiger partial charge on any atom is -0.376 e. The third-order valence-electron chi connectivity index (χ3n) is 15.6. The number of H-pyrrole nitrogens is 2. The van der Waals surface area contributed by atoms with E-state index in [1.54, 1.807) is 0 Å². The molecule has 5 atom stereocenters. The second-order valence-electron chi connectivity index (χ2n) is 19.8. The molecule has 0 spiro atoms. The largest absolute Gasteiger partial charge is 0.376 e. The second kappa shape index (κ2) is 18.7. The molecule has 0 aliphatic carbocycles. The van der Waals surface area contributed by atoms with Crippen LogP contribution < -0.4 is 0 Å². The number of carbonyl (C=O) groups excluding carboxylic acids is 1. The maximum atomic E-state index is 14.5. The molecule has 3 N–H and O–H groups in total. The molecule has 4 aliphatic rings. The Morgan fingerprint density at radius 1 is 0.515 bits per heavy atom. The van der Waals surface area contributed by atoms with Crippen molar-refractivity contribution in [3.05, 3.63) is 156 Å². The molecule has 68 heavy (non-hydrogen) atoms. The maximum Gasteiger partial charge on any atom is 0.245 e. The van der Waals surface area contributed by atoms with Gasteiger partial charge in [0.15, 0.2) is 0 Å². The van der Waals surface area contributed by atoms with E-state index in [0.29, 0.717) is 0 Å². The zero-order valence-corrected chi connectivity index (χ0v) is 38.9. The highest BCUT2D eigenvalue weighted by molar-refractivity contribution is 5.93. The van der Waals surface area contributed by atoms with E-state index >= 15 is 0 Å². The molecule has 6 aromatic carbocycles. The minimum absolute atomic E-state index is 0.0265. The predicted octanol–water partition coefficient (Wildman–Crippen LogP) is 11.5. The lowest BCUT2D eigenvalue weighted by atomic mass is 9.97. The molecule has 10 heteroatoms. The quantitative estimate of drug-likeness (QED) is 0.119. The summed E-state index contributed by atoms with van der Waals surface area (Å²) in [6.45, 7) is 5.55. The summed E-state index contributed by atoms with van der Waals surface area (Å²) in [7, 11) is 0. The van der Waals surface area contributed by atoms with Crippen molar-refractivity contribution in [1.29, 1.82) is 0 Å². The van der Waals surface area contributed by atoms with E-state index in [1.807, 2.05) is 6.07 Å². The van der Waals surface area contributed by atoms with Crippen molar-refractivity contribution >= 4 is 38.7 Å². The first kappa shape index (κ1) is 43.1. The molecule has 346 valence electrons. The van der Waals surface area contributed by atoms with Crippen molar-refractivity contribution in [2.24, 2.45) is 0 Å². The highest BCUT2D eigenvalue weighted by Gasteiger charge is 2.41. The van der Waals surface area contributed by atoms with Crippen LogP contribution in [0, 0.1) is 0 Å². The van der Waals surface area contributed by atoms with Crippen molar-refractivity contribution in [2.75, 3.05) is 39.3 Å². The number of aliphatic hydroxyl groups is 1. The first-order chi connectivity index (χ1) is 33.5. The number of likely N-dealkylation sites (tertiary alicyclic amines) is 4. The van der Waals surface area contributed by atoms with Crippen LogP contribution in [0.2, 0.25) is 0 Å². The Balaban J connectivity index is 0.763. The topological polar surface area (TPSA) is 108 Å². The number of aromatic amines is 2. The SMILES string of the molecule is O=C([C@@H](c1ccccc1)N1CCCCC1)N1CCC[C@H]1c1nc2ccc(-c3ccc4cc(-c5ccc6nc([C@@H]7CCCN7C(O)[C@@H](c7ccccc7)N7CCCCC7)[nH]c6c5)ccc4c3)cc2[nH]1. The monoisotopic (exact) mass is 902 g/mol. The van der Waals surface area contributed by atoms with E-state index in [0.717, 1.165) is 139 Å². The van der Waals surface area contributed by atoms with Gasteiger partial charge in [-0.2, -0.15) is 0 Å². The van der Waals surface area contributed by atoms with E-state index in [2.05, 4.69) is 157 Å². The number of fused-ring (bicyclic) bond motifs is 3. The number of hydrogen-bond acceptors (Lipinski definition) is 7. The summed E-state index contributed by atoms with van der Waals surface area (Å²) >= 11 is 0. The Labute approximate surface area is 399 Å². The Kier molecular flexibility index (Phi) is 11.9. The van der Waals surface area contributed by atoms with Crippen LogP contribution in [-0.2, 0) is 4.79 Å². The number of carbonyl (C=O) groups is 1. The summed E-state index contributed by atoms with van der Waals surface area (Å²) < 4.78 is 0. The average molecular weight is 903 g/mol. The lowest BCUT2D eigenvalue weighted by Crippen LogP contribution is -2.47. The molecule has 2 aromatic heterocycles. The Hall–Kier alpha value is -6.17. The van der Waals surface area contributed by atoms with Crippen LogP contribution in [0.1, 0.15) is 111 Å². The van der Waals surface area contributed by atoms with Gasteiger partial charge in [0.2, 0.25) is 5.91 Å². The number of nitrogens with one attached hydrogen (secondary N) is 2. The summed E-state index contributed by atoms with van der Waals surface area (Å²) in [6.07, 6.45) is 10.4. The number of nitrogens with zero attached hydrogens (tertiary/aromatic N) is 6. The van der Waals surface area contributed by atoms with Gasteiger partial charge < -0.3 is 20.0 Å². The third-order valence-corrected chi connectivity index (χ3v) is 15.6. The highest BCUT2D eigenvalue weighted by atomic mass is 16.3. The zero-order valence-electron chi connectivity index (χ0n) is 38.9. The maximum absolute atomic E-state index is 14.5. The molecular weight excluding hydrogens is 841 g/mol. The van der Waals surface area contributed by atoms with Crippen LogP contribution in [-0.4, -0.2) is 96.0 Å². The number of amides is 1. The lowest BCUT2D eigenvalue weighted by Gasteiger charge is -2.41. The van der Waals surface area contributed by atoms with E-state index < -0.39 is 6.23 Å². The number of aliphatic hydroxyl groups excluding tert-OH is 1. The molecule has 8 aromatic rings. The number of aromatic nitrogens is 4. The summed E-state index contributed by atoms with van der Waals surface area (Å²) in [5.74, 6) is 2.01. The Morgan fingerprint density at radius 3 is 1.62 bits per heavy atom. The molecular formula is C58H62N8O2. The number of imidazole rings is 2. The summed E-state index contributed by atoms with van der Waals surface area (Å²) in [5, 5.41) is 14.6. The second-order valence-corrected chi connectivity index (χ2v) is 19.8. The number of benzene rings is 6. The van der Waals surface area contributed by atoms with Crippen molar-refractivity contribution in [1.82, 2.24) is 39.5 Å². The van der Waals surface area contributed by atoms with Gasteiger partial charge in [-0.05, 0) is 158 Å². The molecule has 4 saturated heterocycles. The summed E-state index contributed by atoms with van der Waals surface area (Å²) in [5.41, 5.74) is 10.7. The molecule has 4 fully saturated rings. The molecule has 0 radical (unpaired) electrons. The van der Waals surface area contributed by atoms with Gasteiger partial charge in [-0.3, -0.25) is 19.5 Å². The van der Waals surface area contributed by atoms with Crippen molar-refractivity contribution in [3.63, 3.8) is 0 Å². The van der Waals surface area contributed by atoms with Crippen LogP contribution in [0.3, 0.4) is 0 Å². The first-order valence-electron chi connectivity index (χ1n) is 25.4. The molecule has 4 aliphatic heterocycles. The normalized spacial score (nSPS) is 21.2. The van der Waals surface area contributed by atoms with Crippen LogP contribution in [0.5, 0.6) is 0 Å². The lowest BCUT2D eigenvalue weighted by molar-refractivity contribution is -0.139. The van der Waals surface area contributed by atoms with Gasteiger partial charge >= 0.3 is 0 Å². The van der Waals surface area contributed by atoms with Crippen LogP contribution in [0.25, 0.3) is 55.1 Å².